The third-order valence-corrected chi connectivity index (χ3v) is 5.88. The number of hydrogen-bond acceptors (Lipinski definition) is 4. The lowest BCUT2D eigenvalue weighted by molar-refractivity contribution is 0.648. The summed E-state index contributed by atoms with van der Waals surface area (Å²) < 4.78 is 1.38. The Balaban J connectivity index is 1.92. The van der Waals surface area contributed by atoms with Crippen molar-refractivity contribution in [2.45, 2.75) is 6.92 Å². The summed E-state index contributed by atoms with van der Waals surface area (Å²) >= 11 is 3.55. The zero-order valence-corrected chi connectivity index (χ0v) is 12.9. The number of rotatable bonds is 2. The first kappa shape index (κ1) is 12.2. The van der Waals surface area contributed by atoms with Crippen LogP contribution in [0.1, 0.15) is 11.1 Å². The zero-order valence-electron chi connectivity index (χ0n) is 11.2. The van der Waals surface area contributed by atoms with E-state index in [-0.39, 0.29) is 0 Å². The summed E-state index contributed by atoms with van der Waals surface area (Å²) in [4.78, 5) is 8.11. The molecule has 2 aliphatic heterocycles. The largest absolute Gasteiger partial charge is 0.317 e. The third kappa shape index (κ3) is 1.68. The molecule has 0 fully saturated rings. The molecule has 0 aliphatic carbocycles. The van der Waals surface area contributed by atoms with Gasteiger partial charge in [-0.1, -0.05) is 12.7 Å². The van der Waals surface area contributed by atoms with Crippen molar-refractivity contribution in [2.75, 3.05) is 13.1 Å². The number of thioether (sulfide) groups is 1. The number of thiophene rings is 1. The van der Waals surface area contributed by atoms with E-state index in [0.717, 1.165) is 18.3 Å². The van der Waals surface area contributed by atoms with E-state index in [4.69, 9.17) is 0 Å². The standard InChI is InChI=1S/C16H14N2S2/c1-3-13-14(18-6-5-17-16(18)20-13)12-8-10(2)15-11(9-12)4-7-19-15/h3-4,7-9H,1,5-6H2,2H3. The van der Waals surface area contributed by atoms with Gasteiger partial charge in [-0.2, -0.15) is 0 Å². The number of aliphatic imine (C=N–C) groups is 1. The number of nitrogens with zero attached hydrogens (tertiary/aromatic N) is 2. The molecular formula is C16H14N2S2. The molecule has 0 atom stereocenters. The van der Waals surface area contributed by atoms with Crippen LogP contribution in [0.2, 0.25) is 0 Å². The van der Waals surface area contributed by atoms with Crippen molar-refractivity contribution < 1.29 is 0 Å². The van der Waals surface area contributed by atoms with Crippen molar-refractivity contribution in [3.8, 4) is 0 Å². The van der Waals surface area contributed by atoms with Crippen molar-refractivity contribution in [3.05, 3.63) is 52.3 Å². The lowest BCUT2D eigenvalue weighted by atomic mass is 10.0. The van der Waals surface area contributed by atoms with Gasteiger partial charge in [0.2, 0.25) is 0 Å². The second-order valence-corrected chi connectivity index (χ2v) is 6.89. The van der Waals surface area contributed by atoms with Crippen LogP contribution < -0.4 is 0 Å². The molecule has 0 bridgehead atoms. The van der Waals surface area contributed by atoms with Gasteiger partial charge in [-0.05, 0) is 53.2 Å². The minimum absolute atomic E-state index is 0.899. The van der Waals surface area contributed by atoms with E-state index in [9.17, 15) is 0 Å². The molecule has 2 nitrogen and oxygen atoms in total. The Morgan fingerprint density at radius 3 is 3.15 bits per heavy atom. The Hall–Kier alpha value is -1.52. The number of aryl methyl sites for hydroxylation is 1. The molecule has 4 rings (SSSR count). The van der Waals surface area contributed by atoms with Crippen molar-refractivity contribution in [3.63, 3.8) is 0 Å². The number of amidine groups is 1. The predicted octanol–water partition coefficient (Wildman–Crippen LogP) is 4.48. The van der Waals surface area contributed by atoms with Gasteiger partial charge in [0.05, 0.1) is 12.2 Å². The van der Waals surface area contributed by atoms with Gasteiger partial charge in [0.1, 0.15) is 0 Å². The van der Waals surface area contributed by atoms with Crippen molar-refractivity contribution >= 4 is 44.0 Å². The maximum Gasteiger partial charge on any atom is 0.168 e. The lowest BCUT2D eigenvalue weighted by Gasteiger charge is -2.17. The van der Waals surface area contributed by atoms with Crippen molar-refractivity contribution in [1.82, 2.24) is 4.90 Å². The molecule has 20 heavy (non-hydrogen) atoms. The first-order chi connectivity index (χ1) is 9.78. The average Bonchev–Trinajstić information content (AvgIpc) is 3.12. The van der Waals surface area contributed by atoms with Crippen LogP contribution in [0.3, 0.4) is 0 Å². The van der Waals surface area contributed by atoms with E-state index in [1.54, 1.807) is 11.8 Å². The Morgan fingerprint density at radius 1 is 1.40 bits per heavy atom. The van der Waals surface area contributed by atoms with Gasteiger partial charge in [-0.3, -0.25) is 4.99 Å². The zero-order chi connectivity index (χ0) is 13.7. The summed E-state index contributed by atoms with van der Waals surface area (Å²) in [5, 5.41) is 4.62. The highest BCUT2D eigenvalue weighted by Gasteiger charge is 2.31. The van der Waals surface area contributed by atoms with Gasteiger partial charge in [0, 0.05) is 21.7 Å². The number of hydrogen-bond donors (Lipinski definition) is 0. The van der Waals surface area contributed by atoms with E-state index in [1.807, 2.05) is 17.4 Å². The van der Waals surface area contributed by atoms with Crippen LogP contribution in [0, 0.1) is 6.92 Å². The van der Waals surface area contributed by atoms with Crippen molar-refractivity contribution in [1.29, 1.82) is 0 Å². The van der Waals surface area contributed by atoms with E-state index < -0.39 is 0 Å². The number of fused-ring (bicyclic) bond motifs is 2. The fourth-order valence-corrected chi connectivity index (χ4v) is 4.75. The first-order valence-corrected chi connectivity index (χ1v) is 8.32. The highest BCUT2D eigenvalue weighted by Crippen LogP contribution is 2.43. The van der Waals surface area contributed by atoms with Crippen LogP contribution in [-0.4, -0.2) is 23.2 Å². The van der Waals surface area contributed by atoms with Crippen LogP contribution in [0.25, 0.3) is 15.8 Å². The maximum atomic E-state index is 4.56. The molecule has 0 amide bonds. The van der Waals surface area contributed by atoms with Crippen LogP contribution >= 0.6 is 23.1 Å². The second-order valence-electron chi connectivity index (χ2n) is 4.97. The van der Waals surface area contributed by atoms with Gasteiger partial charge in [-0.25, -0.2) is 0 Å². The molecule has 4 heteroatoms. The fourth-order valence-electron chi connectivity index (χ4n) is 2.84. The van der Waals surface area contributed by atoms with Gasteiger partial charge in [-0.15, -0.1) is 11.3 Å². The van der Waals surface area contributed by atoms with Crippen molar-refractivity contribution in [2.24, 2.45) is 4.99 Å². The Labute approximate surface area is 126 Å². The summed E-state index contributed by atoms with van der Waals surface area (Å²) in [6.07, 6.45) is 1.95. The van der Waals surface area contributed by atoms with Gasteiger partial charge in [0.25, 0.3) is 0 Å². The monoisotopic (exact) mass is 298 g/mol. The molecule has 0 spiro atoms. The highest BCUT2D eigenvalue weighted by atomic mass is 32.2. The summed E-state index contributed by atoms with van der Waals surface area (Å²) in [5.41, 5.74) is 3.90. The molecule has 1 aromatic heterocycles. The van der Waals surface area contributed by atoms with E-state index in [1.165, 1.54) is 31.8 Å². The number of benzene rings is 1. The molecule has 0 N–H and O–H groups in total. The molecular weight excluding hydrogens is 284 g/mol. The number of allylic oxidation sites excluding steroid dienone is 1. The molecule has 100 valence electrons. The average molecular weight is 298 g/mol. The molecule has 0 saturated heterocycles. The molecule has 0 unspecified atom stereocenters. The normalized spacial score (nSPS) is 17.9. The molecule has 0 saturated carbocycles. The topological polar surface area (TPSA) is 15.6 Å². The summed E-state index contributed by atoms with van der Waals surface area (Å²) in [6, 6.07) is 6.78. The predicted molar refractivity (Wildman–Crippen MR) is 90.3 cm³/mol. The van der Waals surface area contributed by atoms with Crippen LogP contribution in [-0.2, 0) is 0 Å². The molecule has 2 aliphatic rings. The fraction of sp³-hybridized carbons (Fsp3) is 0.188. The van der Waals surface area contributed by atoms with E-state index in [2.05, 4.69) is 47.0 Å². The molecule has 0 radical (unpaired) electrons. The molecule has 2 aromatic rings. The highest BCUT2D eigenvalue weighted by molar-refractivity contribution is 8.17. The van der Waals surface area contributed by atoms with E-state index in [0.29, 0.717) is 0 Å². The Kier molecular flexibility index (Phi) is 2.75. The van der Waals surface area contributed by atoms with Gasteiger partial charge >= 0.3 is 0 Å². The minimum Gasteiger partial charge on any atom is -0.317 e. The smallest absolute Gasteiger partial charge is 0.168 e. The van der Waals surface area contributed by atoms with Crippen LogP contribution in [0.4, 0.5) is 0 Å². The summed E-state index contributed by atoms with van der Waals surface area (Å²) in [6.45, 7) is 8.03. The SMILES string of the molecule is C=CC1=C(c2cc(C)c3sccc3c2)N2CCN=C2S1. The van der Waals surface area contributed by atoms with E-state index >= 15 is 0 Å². The van der Waals surface area contributed by atoms with Crippen LogP contribution in [0.5, 0.6) is 0 Å². The first-order valence-electron chi connectivity index (χ1n) is 6.62. The molecule has 3 heterocycles. The third-order valence-electron chi connectivity index (χ3n) is 3.70. The summed E-state index contributed by atoms with van der Waals surface area (Å²) in [5.74, 6) is 0. The summed E-state index contributed by atoms with van der Waals surface area (Å²) in [7, 11) is 0. The second kappa shape index (κ2) is 4.50. The lowest BCUT2D eigenvalue weighted by Crippen LogP contribution is -2.20. The minimum atomic E-state index is 0.899. The van der Waals surface area contributed by atoms with Crippen LogP contribution in [0.15, 0.2) is 46.1 Å². The Morgan fingerprint density at radius 2 is 2.30 bits per heavy atom. The quantitative estimate of drug-likeness (QED) is 0.812. The van der Waals surface area contributed by atoms with Gasteiger partial charge < -0.3 is 4.90 Å². The molecule has 1 aromatic carbocycles. The Bertz CT molecular complexity index is 783. The van der Waals surface area contributed by atoms with Gasteiger partial charge in [0.15, 0.2) is 5.17 Å². The maximum absolute atomic E-state index is 4.56.